The van der Waals surface area contributed by atoms with Gasteiger partial charge in [-0.1, -0.05) is 29.3 Å². The zero-order chi connectivity index (χ0) is 19.8. The number of sulfonamides is 1. The van der Waals surface area contributed by atoms with Crippen LogP contribution in [0.1, 0.15) is 21.5 Å². The largest absolute Gasteiger partial charge is 0.336 e. The summed E-state index contributed by atoms with van der Waals surface area (Å²) in [5, 5.41) is 0.758. The average molecular weight is 427 g/mol. The Bertz CT molecular complexity index is 984. The lowest BCUT2D eigenvalue weighted by Crippen LogP contribution is -2.50. The Morgan fingerprint density at radius 2 is 1.59 bits per heavy atom. The molecule has 0 aliphatic carbocycles. The van der Waals surface area contributed by atoms with Crippen LogP contribution < -0.4 is 0 Å². The first-order valence-corrected chi connectivity index (χ1v) is 10.7. The van der Waals surface area contributed by atoms with Gasteiger partial charge in [0.25, 0.3) is 5.91 Å². The van der Waals surface area contributed by atoms with Crippen LogP contribution in [0.25, 0.3) is 0 Å². The van der Waals surface area contributed by atoms with Crippen molar-refractivity contribution in [2.45, 2.75) is 18.7 Å². The van der Waals surface area contributed by atoms with Crippen LogP contribution in [0.4, 0.5) is 0 Å². The van der Waals surface area contributed by atoms with Crippen molar-refractivity contribution in [2.75, 3.05) is 26.2 Å². The van der Waals surface area contributed by atoms with Gasteiger partial charge in [0.15, 0.2) is 0 Å². The van der Waals surface area contributed by atoms with Crippen molar-refractivity contribution in [3.63, 3.8) is 0 Å². The molecule has 1 heterocycles. The summed E-state index contributed by atoms with van der Waals surface area (Å²) < 4.78 is 27.2. The third-order valence-electron chi connectivity index (χ3n) is 4.80. The average Bonchev–Trinajstić information content (AvgIpc) is 2.65. The number of amides is 1. The highest BCUT2D eigenvalue weighted by molar-refractivity contribution is 7.89. The molecule has 1 aliphatic rings. The summed E-state index contributed by atoms with van der Waals surface area (Å²) in [7, 11) is -3.58. The second kappa shape index (κ2) is 7.80. The number of aryl methyl sites for hydroxylation is 2. The van der Waals surface area contributed by atoms with E-state index < -0.39 is 10.0 Å². The maximum absolute atomic E-state index is 12.9. The van der Waals surface area contributed by atoms with Crippen LogP contribution in [0.3, 0.4) is 0 Å². The molecule has 0 aromatic heterocycles. The van der Waals surface area contributed by atoms with E-state index in [0.717, 1.165) is 11.1 Å². The molecule has 0 spiro atoms. The molecule has 0 atom stereocenters. The molecule has 1 saturated heterocycles. The van der Waals surface area contributed by atoms with E-state index in [4.69, 9.17) is 23.2 Å². The normalized spacial score (nSPS) is 15.8. The maximum atomic E-state index is 12.9. The lowest BCUT2D eigenvalue weighted by molar-refractivity contribution is 0.0698. The molecule has 0 saturated carbocycles. The van der Waals surface area contributed by atoms with Gasteiger partial charge in [0.05, 0.1) is 15.5 Å². The summed E-state index contributed by atoms with van der Waals surface area (Å²) in [5.74, 6) is -0.245. The fourth-order valence-corrected chi connectivity index (χ4v) is 4.87. The number of rotatable bonds is 3. The zero-order valence-electron chi connectivity index (χ0n) is 15.1. The molecule has 5 nitrogen and oxygen atoms in total. The number of carbonyl (C=O) groups is 1. The third-order valence-corrected chi connectivity index (χ3v) is 7.26. The van der Waals surface area contributed by atoms with Crippen LogP contribution in [0.15, 0.2) is 41.3 Å². The van der Waals surface area contributed by atoms with Crippen LogP contribution >= 0.6 is 23.2 Å². The Morgan fingerprint density at radius 3 is 2.22 bits per heavy atom. The lowest BCUT2D eigenvalue weighted by atomic mass is 10.1. The summed E-state index contributed by atoms with van der Waals surface area (Å²) in [6, 6.07) is 9.86. The first kappa shape index (κ1) is 20.1. The van der Waals surface area contributed by atoms with E-state index in [1.807, 2.05) is 19.9 Å². The van der Waals surface area contributed by atoms with Crippen molar-refractivity contribution in [1.82, 2.24) is 9.21 Å². The smallest absolute Gasteiger partial charge is 0.255 e. The predicted molar refractivity (Wildman–Crippen MR) is 107 cm³/mol. The quantitative estimate of drug-likeness (QED) is 0.750. The fraction of sp³-hybridized carbons (Fsp3) is 0.316. The second-order valence-corrected chi connectivity index (χ2v) is 9.35. The first-order chi connectivity index (χ1) is 12.7. The molecule has 144 valence electrons. The van der Waals surface area contributed by atoms with E-state index in [1.54, 1.807) is 29.2 Å². The van der Waals surface area contributed by atoms with Gasteiger partial charge in [-0.05, 0) is 55.3 Å². The molecule has 0 N–H and O–H groups in total. The number of piperazine rings is 1. The van der Waals surface area contributed by atoms with E-state index in [9.17, 15) is 13.2 Å². The molecule has 0 bridgehead atoms. The van der Waals surface area contributed by atoms with Crippen molar-refractivity contribution >= 4 is 39.1 Å². The zero-order valence-corrected chi connectivity index (χ0v) is 17.4. The Labute approximate surface area is 169 Å². The molecule has 3 rings (SSSR count). The molecule has 1 fully saturated rings. The SMILES string of the molecule is Cc1ccc(S(=O)(=O)N2CCN(C(=O)c3cc(Cl)ccc3Cl)CC2)cc1C. The molecular formula is C19H20Cl2N2O3S. The number of benzene rings is 2. The number of carbonyl (C=O) groups excluding carboxylic acids is 1. The monoisotopic (exact) mass is 426 g/mol. The fourth-order valence-electron chi connectivity index (χ4n) is 2.99. The van der Waals surface area contributed by atoms with Crippen molar-refractivity contribution in [1.29, 1.82) is 0 Å². The minimum atomic E-state index is -3.58. The van der Waals surface area contributed by atoms with Gasteiger partial charge in [-0.2, -0.15) is 4.31 Å². The Morgan fingerprint density at radius 1 is 0.926 bits per heavy atom. The van der Waals surface area contributed by atoms with E-state index >= 15 is 0 Å². The predicted octanol–water partition coefficient (Wildman–Crippen LogP) is 3.76. The van der Waals surface area contributed by atoms with Gasteiger partial charge in [-0.25, -0.2) is 8.42 Å². The highest BCUT2D eigenvalue weighted by Gasteiger charge is 2.31. The number of halogens is 2. The van der Waals surface area contributed by atoms with Crippen LogP contribution in [0.2, 0.25) is 10.0 Å². The third kappa shape index (κ3) is 4.14. The molecule has 2 aromatic carbocycles. The summed E-state index contributed by atoms with van der Waals surface area (Å²) >= 11 is 12.1. The highest BCUT2D eigenvalue weighted by atomic mass is 35.5. The Balaban J connectivity index is 1.73. The molecule has 0 unspecified atom stereocenters. The van der Waals surface area contributed by atoms with Gasteiger partial charge in [-0.15, -0.1) is 0 Å². The van der Waals surface area contributed by atoms with E-state index in [1.165, 1.54) is 10.4 Å². The molecule has 0 radical (unpaired) electrons. The van der Waals surface area contributed by atoms with Crippen molar-refractivity contribution in [3.8, 4) is 0 Å². The maximum Gasteiger partial charge on any atom is 0.255 e. The minimum Gasteiger partial charge on any atom is -0.336 e. The molecular weight excluding hydrogens is 407 g/mol. The van der Waals surface area contributed by atoms with Crippen molar-refractivity contribution < 1.29 is 13.2 Å². The second-order valence-electron chi connectivity index (χ2n) is 6.57. The Kier molecular flexibility index (Phi) is 5.82. The molecule has 2 aromatic rings. The molecule has 27 heavy (non-hydrogen) atoms. The lowest BCUT2D eigenvalue weighted by Gasteiger charge is -2.34. The highest BCUT2D eigenvalue weighted by Crippen LogP contribution is 2.24. The van der Waals surface area contributed by atoms with Gasteiger partial charge in [0.1, 0.15) is 0 Å². The summed E-state index contributed by atoms with van der Waals surface area (Å²) in [6.45, 7) is 4.90. The van der Waals surface area contributed by atoms with Gasteiger partial charge >= 0.3 is 0 Å². The van der Waals surface area contributed by atoms with Gasteiger partial charge in [-0.3, -0.25) is 4.79 Å². The standard InChI is InChI=1S/C19H20Cl2N2O3S/c1-13-3-5-16(11-14(13)2)27(25,26)23-9-7-22(8-10-23)19(24)17-12-15(20)4-6-18(17)21/h3-6,11-12H,7-10H2,1-2H3. The first-order valence-electron chi connectivity index (χ1n) is 8.52. The van der Waals surface area contributed by atoms with Crippen molar-refractivity contribution in [3.05, 3.63) is 63.1 Å². The number of hydrogen-bond donors (Lipinski definition) is 0. The minimum absolute atomic E-state index is 0.235. The summed E-state index contributed by atoms with van der Waals surface area (Å²) in [4.78, 5) is 14.6. The van der Waals surface area contributed by atoms with E-state index in [-0.39, 0.29) is 23.9 Å². The van der Waals surface area contributed by atoms with E-state index in [2.05, 4.69) is 0 Å². The van der Waals surface area contributed by atoms with Crippen LogP contribution in [-0.2, 0) is 10.0 Å². The van der Waals surface area contributed by atoms with Gasteiger partial charge < -0.3 is 4.90 Å². The van der Waals surface area contributed by atoms with Gasteiger partial charge in [0, 0.05) is 31.2 Å². The van der Waals surface area contributed by atoms with Crippen LogP contribution in [0.5, 0.6) is 0 Å². The van der Waals surface area contributed by atoms with Gasteiger partial charge in [0.2, 0.25) is 10.0 Å². The van der Waals surface area contributed by atoms with Crippen LogP contribution in [0, 0.1) is 13.8 Å². The Hall–Kier alpha value is -1.60. The summed E-state index contributed by atoms with van der Waals surface area (Å²) in [6.07, 6.45) is 0. The number of nitrogens with zero attached hydrogens (tertiary/aromatic N) is 2. The van der Waals surface area contributed by atoms with Crippen molar-refractivity contribution in [2.24, 2.45) is 0 Å². The van der Waals surface area contributed by atoms with Crippen LogP contribution in [-0.4, -0.2) is 49.7 Å². The molecule has 8 heteroatoms. The molecule has 1 amide bonds. The number of hydrogen-bond acceptors (Lipinski definition) is 3. The molecule has 1 aliphatic heterocycles. The van der Waals surface area contributed by atoms with E-state index in [0.29, 0.717) is 28.7 Å². The summed E-state index contributed by atoms with van der Waals surface area (Å²) in [5.41, 5.74) is 2.30. The topological polar surface area (TPSA) is 57.7 Å².